The molecule has 2 N–H and O–H groups in total. The molecule has 0 amide bonds. The first-order valence-corrected chi connectivity index (χ1v) is 7.79. The summed E-state index contributed by atoms with van der Waals surface area (Å²) in [6.45, 7) is 7.04. The molecule has 2 rings (SSSR count). The molecule has 5 nitrogen and oxygen atoms in total. The van der Waals surface area contributed by atoms with Gasteiger partial charge in [-0.2, -0.15) is 16.7 Å². The molecule has 0 aromatic carbocycles. The van der Waals surface area contributed by atoms with Crippen molar-refractivity contribution >= 4 is 11.8 Å². The van der Waals surface area contributed by atoms with Crippen LogP contribution in [0.1, 0.15) is 43.9 Å². The van der Waals surface area contributed by atoms with Crippen LogP contribution in [0, 0.1) is 0 Å². The Kier molecular flexibility index (Phi) is 5.03. The SMILES string of the molecule is CCN(CC)CC(N)c1noc(C2CCSC2)n1. The summed E-state index contributed by atoms with van der Waals surface area (Å²) in [7, 11) is 0. The van der Waals surface area contributed by atoms with E-state index in [0.29, 0.717) is 11.7 Å². The van der Waals surface area contributed by atoms with E-state index in [4.69, 9.17) is 10.3 Å². The topological polar surface area (TPSA) is 68.2 Å². The zero-order valence-corrected chi connectivity index (χ0v) is 11.9. The molecule has 6 heteroatoms. The summed E-state index contributed by atoms with van der Waals surface area (Å²) >= 11 is 1.95. The number of nitrogens with zero attached hydrogens (tertiary/aromatic N) is 3. The highest BCUT2D eigenvalue weighted by Gasteiger charge is 2.25. The third-order valence-electron chi connectivity index (χ3n) is 3.42. The number of nitrogens with two attached hydrogens (primary N) is 1. The van der Waals surface area contributed by atoms with Crippen LogP contribution in [-0.2, 0) is 0 Å². The Morgan fingerprint density at radius 2 is 2.28 bits per heavy atom. The van der Waals surface area contributed by atoms with Gasteiger partial charge < -0.3 is 15.2 Å². The van der Waals surface area contributed by atoms with E-state index in [2.05, 4.69) is 28.9 Å². The lowest BCUT2D eigenvalue weighted by atomic mass is 10.1. The fourth-order valence-electron chi connectivity index (χ4n) is 2.13. The van der Waals surface area contributed by atoms with Gasteiger partial charge in [0.1, 0.15) is 0 Å². The molecule has 0 aliphatic carbocycles. The van der Waals surface area contributed by atoms with Gasteiger partial charge in [0.2, 0.25) is 5.89 Å². The van der Waals surface area contributed by atoms with E-state index in [9.17, 15) is 0 Å². The van der Waals surface area contributed by atoms with Crippen molar-refractivity contribution in [1.29, 1.82) is 0 Å². The maximum Gasteiger partial charge on any atom is 0.230 e. The number of hydrogen-bond donors (Lipinski definition) is 1. The minimum Gasteiger partial charge on any atom is -0.339 e. The number of aromatic nitrogens is 2. The maximum absolute atomic E-state index is 6.13. The van der Waals surface area contributed by atoms with Crippen molar-refractivity contribution in [1.82, 2.24) is 15.0 Å². The fourth-order valence-corrected chi connectivity index (χ4v) is 3.35. The summed E-state index contributed by atoms with van der Waals surface area (Å²) in [5.41, 5.74) is 6.13. The largest absolute Gasteiger partial charge is 0.339 e. The Labute approximate surface area is 112 Å². The Hall–Kier alpha value is -0.590. The lowest BCUT2D eigenvalue weighted by Gasteiger charge is -2.20. The third kappa shape index (κ3) is 3.24. The van der Waals surface area contributed by atoms with Crippen molar-refractivity contribution < 1.29 is 4.52 Å². The van der Waals surface area contributed by atoms with E-state index >= 15 is 0 Å². The Bertz CT molecular complexity index is 361. The lowest BCUT2D eigenvalue weighted by Crippen LogP contribution is -2.32. The van der Waals surface area contributed by atoms with E-state index in [1.807, 2.05) is 11.8 Å². The van der Waals surface area contributed by atoms with Gasteiger partial charge in [0.05, 0.1) is 6.04 Å². The van der Waals surface area contributed by atoms with Crippen molar-refractivity contribution in [2.45, 2.75) is 32.2 Å². The summed E-state index contributed by atoms with van der Waals surface area (Å²) in [6.07, 6.45) is 1.14. The predicted molar refractivity (Wildman–Crippen MR) is 73.7 cm³/mol. The molecule has 1 fully saturated rings. The van der Waals surface area contributed by atoms with E-state index in [1.165, 1.54) is 5.75 Å². The molecule has 1 aliphatic heterocycles. The Morgan fingerprint density at radius 1 is 1.50 bits per heavy atom. The van der Waals surface area contributed by atoms with Crippen molar-refractivity contribution in [3.8, 4) is 0 Å². The van der Waals surface area contributed by atoms with Crippen LogP contribution in [0.2, 0.25) is 0 Å². The fraction of sp³-hybridized carbons (Fsp3) is 0.833. The minimum absolute atomic E-state index is 0.156. The number of thioether (sulfide) groups is 1. The third-order valence-corrected chi connectivity index (χ3v) is 4.58. The molecule has 1 saturated heterocycles. The molecule has 0 bridgehead atoms. The van der Waals surface area contributed by atoms with Gasteiger partial charge in [-0.25, -0.2) is 0 Å². The molecule has 1 aromatic rings. The maximum atomic E-state index is 6.13. The molecule has 18 heavy (non-hydrogen) atoms. The summed E-state index contributed by atoms with van der Waals surface area (Å²) in [6, 6.07) is -0.156. The molecule has 0 spiro atoms. The zero-order valence-electron chi connectivity index (χ0n) is 11.1. The number of hydrogen-bond acceptors (Lipinski definition) is 6. The second-order valence-electron chi connectivity index (χ2n) is 4.64. The van der Waals surface area contributed by atoms with Gasteiger partial charge >= 0.3 is 0 Å². The van der Waals surface area contributed by atoms with Gasteiger partial charge in [-0.15, -0.1) is 0 Å². The highest BCUT2D eigenvalue weighted by molar-refractivity contribution is 7.99. The van der Waals surface area contributed by atoms with Crippen molar-refractivity contribution in [3.63, 3.8) is 0 Å². The van der Waals surface area contributed by atoms with Gasteiger partial charge in [0.25, 0.3) is 0 Å². The molecule has 0 radical (unpaired) electrons. The molecular formula is C12H22N4OS. The zero-order chi connectivity index (χ0) is 13.0. The lowest BCUT2D eigenvalue weighted by molar-refractivity contribution is 0.277. The average Bonchev–Trinajstić information content (AvgIpc) is 3.04. The molecule has 2 heterocycles. The van der Waals surface area contributed by atoms with Crippen LogP contribution >= 0.6 is 11.8 Å². The number of rotatable bonds is 6. The van der Waals surface area contributed by atoms with Crippen LogP contribution in [0.4, 0.5) is 0 Å². The molecule has 0 saturated carbocycles. The van der Waals surface area contributed by atoms with Crippen molar-refractivity contribution in [3.05, 3.63) is 11.7 Å². The molecular weight excluding hydrogens is 248 g/mol. The molecule has 2 atom stereocenters. The van der Waals surface area contributed by atoms with Crippen LogP contribution in [0.15, 0.2) is 4.52 Å². The van der Waals surface area contributed by atoms with Crippen LogP contribution in [0.5, 0.6) is 0 Å². The van der Waals surface area contributed by atoms with Crippen molar-refractivity contribution in [2.24, 2.45) is 5.73 Å². The Balaban J connectivity index is 1.95. The normalized spacial score (nSPS) is 21.7. The molecule has 1 aromatic heterocycles. The van der Waals surface area contributed by atoms with Gasteiger partial charge in [-0.3, -0.25) is 0 Å². The quantitative estimate of drug-likeness (QED) is 0.847. The first-order chi connectivity index (χ1) is 8.74. The smallest absolute Gasteiger partial charge is 0.230 e. The highest BCUT2D eigenvalue weighted by Crippen LogP contribution is 2.31. The van der Waals surface area contributed by atoms with Gasteiger partial charge in [-0.1, -0.05) is 19.0 Å². The summed E-state index contributed by atoms with van der Waals surface area (Å²) in [5.74, 6) is 4.12. The standard InChI is InChI=1S/C12H22N4OS/c1-3-16(4-2)7-10(13)11-14-12(17-15-11)9-5-6-18-8-9/h9-10H,3-8,13H2,1-2H3. The first-order valence-electron chi connectivity index (χ1n) is 6.63. The second-order valence-corrected chi connectivity index (χ2v) is 5.79. The monoisotopic (exact) mass is 270 g/mol. The van der Waals surface area contributed by atoms with Gasteiger partial charge in [0, 0.05) is 18.2 Å². The minimum atomic E-state index is -0.156. The van der Waals surface area contributed by atoms with E-state index in [0.717, 1.165) is 37.7 Å². The van der Waals surface area contributed by atoms with Crippen LogP contribution in [0.3, 0.4) is 0 Å². The van der Waals surface area contributed by atoms with E-state index in [-0.39, 0.29) is 6.04 Å². The van der Waals surface area contributed by atoms with E-state index < -0.39 is 0 Å². The Morgan fingerprint density at radius 3 is 2.89 bits per heavy atom. The van der Waals surface area contributed by atoms with Gasteiger partial charge in [-0.05, 0) is 25.3 Å². The van der Waals surface area contributed by atoms with Crippen LogP contribution in [-0.4, -0.2) is 46.2 Å². The highest BCUT2D eigenvalue weighted by atomic mass is 32.2. The summed E-state index contributed by atoms with van der Waals surface area (Å²) in [5, 5.41) is 4.04. The summed E-state index contributed by atoms with van der Waals surface area (Å²) in [4.78, 5) is 6.74. The predicted octanol–water partition coefficient (Wildman–Crippen LogP) is 1.63. The molecule has 2 unspecified atom stereocenters. The van der Waals surface area contributed by atoms with Crippen molar-refractivity contribution in [2.75, 3.05) is 31.1 Å². The second kappa shape index (κ2) is 6.54. The average molecular weight is 270 g/mol. The van der Waals surface area contributed by atoms with Crippen LogP contribution < -0.4 is 5.73 Å². The first kappa shape index (κ1) is 13.8. The number of likely N-dealkylation sites (N-methyl/N-ethyl adjacent to an activating group) is 1. The van der Waals surface area contributed by atoms with E-state index in [1.54, 1.807) is 0 Å². The molecule has 102 valence electrons. The summed E-state index contributed by atoms with van der Waals surface area (Å²) < 4.78 is 5.35. The molecule has 1 aliphatic rings. The van der Waals surface area contributed by atoms with Crippen LogP contribution in [0.25, 0.3) is 0 Å². The van der Waals surface area contributed by atoms with Gasteiger partial charge in [0.15, 0.2) is 5.82 Å².